The van der Waals surface area contributed by atoms with E-state index in [4.69, 9.17) is 0 Å². The van der Waals surface area contributed by atoms with Crippen LogP contribution in [-0.4, -0.2) is 28.6 Å². The number of benzene rings is 1. The van der Waals surface area contributed by atoms with E-state index in [0.29, 0.717) is 0 Å². The van der Waals surface area contributed by atoms with Gasteiger partial charge in [0.05, 0.1) is 10.8 Å². The predicted octanol–water partition coefficient (Wildman–Crippen LogP) is 1.30. The van der Waals surface area contributed by atoms with Crippen molar-refractivity contribution in [3.8, 4) is 0 Å². The number of carbonyl (C=O) groups is 3. The number of nitrogens with one attached hydrogen (secondary N) is 1. The van der Waals surface area contributed by atoms with Gasteiger partial charge in [0, 0.05) is 24.1 Å². The van der Waals surface area contributed by atoms with Crippen LogP contribution in [0.3, 0.4) is 0 Å². The molecule has 22 heavy (non-hydrogen) atoms. The van der Waals surface area contributed by atoms with E-state index >= 15 is 0 Å². The van der Waals surface area contributed by atoms with Crippen molar-refractivity contribution in [2.24, 2.45) is 16.1 Å². The van der Waals surface area contributed by atoms with Crippen molar-refractivity contribution in [3.63, 3.8) is 0 Å². The van der Waals surface area contributed by atoms with Gasteiger partial charge in [-0.3, -0.25) is 29.8 Å². The highest BCUT2D eigenvalue weighted by Crippen LogP contribution is 2.34. The van der Waals surface area contributed by atoms with E-state index < -0.39 is 28.6 Å². The van der Waals surface area contributed by atoms with E-state index in [-0.39, 0.29) is 35.7 Å². The highest BCUT2D eigenvalue weighted by atomic mass is 16.6. The molecular formula is C13H10N4O5. The number of carbonyl (C=O) groups excluding carboxylic acids is 3. The predicted molar refractivity (Wildman–Crippen MR) is 71.6 cm³/mol. The van der Waals surface area contributed by atoms with Crippen LogP contribution in [0, 0.1) is 16.0 Å². The quantitative estimate of drug-likeness (QED) is 0.499. The lowest BCUT2D eigenvalue weighted by molar-refractivity contribution is -0.384. The highest BCUT2D eigenvalue weighted by molar-refractivity contribution is 6.09. The zero-order valence-corrected chi connectivity index (χ0v) is 11.2. The standard InChI is InChI=1S/C13H10N4O5/c18-10-4-3-8(13(20)14-10)11-12(19)7-2-1-6(17(21)22)5-9(7)15-16-11/h1-2,5,8,11H,3-4H2,(H,14,18,20). The van der Waals surface area contributed by atoms with Gasteiger partial charge in [-0.15, -0.1) is 0 Å². The molecule has 1 saturated heterocycles. The Morgan fingerprint density at radius 3 is 2.73 bits per heavy atom. The Balaban J connectivity index is 1.91. The Labute approximate surface area is 123 Å². The molecule has 112 valence electrons. The van der Waals surface area contributed by atoms with Gasteiger partial charge in [-0.2, -0.15) is 10.2 Å². The fourth-order valence-electron chi connectivity index (χ4n) is 2.54. The molecule has 0 bridgehead atoms. The summed E-state index contributed by atoms with van der Waals surface area (Å²) in [5, 5.41) is 20.6. The maximum Gasteiger partial charge on any atom is 0.271 e. The minimum absolute atomic E-state index is 0.114. The summed E-state index contributed by atoms with van der Waals surface area (Å²) in [5.41, 5.74) is 0.114. The van der Waals surface area contributed by atoms with Crippen molar-refractivity contribution in [2.75, 3.05) is 0 Å². The number of azo groups is 1. The van der Waals surface area contributed by atoms with Crippen LogP contribution in [0.15, 0.2) is 28.4 Å². The summed E-state index contributed by atoms with van der Waals surface area (Å²) in [6.07, 6.45) is 0.366. The zero-order chi connectivity index (χ0) is 15.9. The fourth-order valence-corrected chi connectivity index (χ4v) is 2.54. The van der Waals surface area contributed by atoms with Crippen molar-refractivity contribution in [1.29, 1.82) is 0 Å². The molecule has 1 fully saturated rings. The van der Waals surface area contributed by atoms with Crippen molar-refractivity contribution >= 4 is 29.0 Å². The molecule has 0 aromatic heterocycles. The number of amides is 2. The average Bonchev–Trinajstić information content (AvgIpc) is 2.48. The molecule has 1 aromatic rings. The number of non-ortho nitro benzene ring substituents is 1. The molecule has 3 rings (SSSR count). The van der Waals surface area contributed by atoms with Crippen molar-refractivity contribution in [2.45, 2.75) is 18.9 Å². The second kappa shape index (κ2) is 5.10. The molecule has 2 heterocycles. The normalized spacial score (nSPS) is 23.9. The first-order chi connectivity index (χ1) is 10.5. The Hall–Kier alpha value is -2.97. The maximum atomic E-state index is 12.4. The minimum Gasteiger partial charge on any atom is -0.296 e. The molecule has 0 saturated carbocycles. The van der Waals surface area contributed by atoms with E-state index in [2.05, 4.69) is 15.5 Å². The Kier molecular flexibility index (Phi) is 3.24. The summed E-state index contributed by atoms with van der Waals surface area (Å²) in [6, 6.07) is 2.69. The molecule has 2 atom stereocenters. The van der Waals surface area contributed by atoms with Crippen molar-refractivity contribution < 1.29 is 19.3 Å². The second-order valence-electron chi connectivity index (χ2n) is 5.04. The molecule has 2 amide bonds. The maximum absolute atomic E-state index is 12.4. The number of piperidine rings is 1. The van der Waals surface area contributed by atoms with Gasteiger partial charge in [-0.05, 0) is 12.5 Å². The largest absolute Gasteiger partial charge is 0.296 e. The van der Waals surface area contributed by atoms with Gasteiger partial charge >= 0.3 is 0 Å². The van der Waals surface area contributed by atoms with Gasteiger partial charge in [0.1, 0.15) is 11.7 Å². The number of ketones is 1. The summed E-state index contributed by atoms with van der Waals surface area (Å²) in [7, 11) is 0. The Morgan fingerprint density at radius 2 is 2.05 bits per heavy atom. The van der Waals surface area contributed by atoms with Crippen LogP contribution >= 0.6 is 0 Å². The molecule has 0 radical (unpaired) electrons. The topological polar surface area (TPSA) is 131 Å². The molecule has 9 heteroatoms. The van der Waals surface area contributed by atoms with Crippen LogP contribution in [-0.2, 0) is 9.59 Å². The number of hydrogen-bond acceptors (Lipinski definition) is 7. The van der Waals surface area contributed by atoms with Gasteiger partial charge in [0.15, 0.2) is 5.78 Å². The third-order valence-corrected chi connectivity index (χ3v) is 3.68. The number of nitrogens with zero attached hydrogens (tertiary/aromatic N) is 3. The van der Waals surface area contributed by atoms with Crippen LogP contribution in [0.4, 0.5) is 11.4 Å². The van der Waals surface area contributed by atoms with E-state index in [1.165, 1.54) is 12.1 Å². The van der Waals surface area contributed by atoms with Gasteiger partial charge in [-0.25, -0.2) is 0 Å². The molecular weight excluding hydrogens is 292 g/mol. The van der Waals surface area contributed by atoms with Crippen LogP contribution in [0.1, 0.15) is 23.2 Å². The van der Waals surface area contributed by atoms with Crippen LogP contribution < -0.4 is 5.32 Å². The summed E-state index contributed by atoms with van der Waals surface area (Å²) in [5.74, 6) is -2.09. The first-order valence-corrected chi connectivity index (χ1v) is 6.54. The van der Waals surface area contributed by atoms with E-state index in [1.54, 1.807) is 0 Å². The van der Waals surface area contributed by atoms with Crippen LogP contribution in [0.2, 0.25) is 0 Å². The summed E-state index contributed by atoms with van der Waals surface area (Å²) >= 11 is 0. The second-order valence-corrected chi connectivity index (χ2v) is 5.04. The van der Waals surface area contributed by atoms with Gasteiger partial charge in [0.25, 0.3) is 5.69 Å². The van der Waals surface area contributed by atoms with Gasteiger partial charge in [0.2, 0.25) is 11.8 Å². The number of fused-ring (bicyclic) bond motifs is 1. The summed E-state index contributed by atoms with van der Waals surface area (Å²) in [4.78, 5) is 45.5. The SMILES string of the molecule is O=C1CCC(C2N=Nc3cc([N+](=O)[O-])ccc3C2=O)C(=O)N1. The van der Waals surface area contributed by atoms with E-state index in [1.807, 2.05) is 0 Å². The smallest absolute Gasteiger partial charge is 0.271 e. The summed E-state index contributed by atoms with van der Waals surface area (Å²) < 4.78 is 0. The molecule has 2 aliphatic heterocycles. The first kappa shape index (κ1) is 14.0. The molecule has 2 unspecified atom stereocenters. The van der Waals surface area contributed by atoms with Gasteiger partial charge < -0.3 is 0 Å². The Morgan fingerprint density at radius 1 is 1.27 bits per heavy atom. The summed E-state index contributed by atoms with van der Waals surface area (Å²) in [6.45, 7) is 0. The average molecular weight is 302 g/mol. The number of hydrogen-bond donors (Lipinski definition) is 1. The third-order valence-electron chi connectivity index (χ3n) is 3.68. The number of rotatable bonds is 2. The molecule has 2 aliphatic rings. The fraction of sp³-hybridized carbons (Fsp3) is 0.308. The third kappa shape index (κ3) is 2.26. The first-order valence-electron chi connectivity index (χ1n) is 6.54. The Bertz CT molecular complexity index is 742. The molecule has 1 N–H and O–H groups in total. The van der Waals surface area contributed by atoms with Crippen molar-refractivity contribution in [3.05, 3.63) is 33.9 Å². The van der Waals surface area contributed by atoms with E-state index in [0.717, 1.165) is 6.07 Å². The number of nitro benzene ring substituents is 1. The zero-order valence-electron chi connectivity index (χ0n) is 11.2. The van der Waals surface area contributed by atoms with Gasteiger partial charge in [-0.1, -0.05) is 0 Å². The van der Waals surface area contributed by atoms with E-state index in [9.17, 15) is 24.5 Å². The number of imide groups is 1. The highest BCUT2D eigenvalue weighted by Gasteiger charge is 2.40. The number of nitro groups is 1. The molecule has 0 spiro atoms. The number of Topliss-reactive ketones (excluding diaryl/α,β-unsaturated/α-hetero) is 1. The lowest BCUT2D eigenvalue weighted by atomic mass is 9.85. The lowest BCUT2D eigenvalue weighted by Gasteiger charge is -2.26. The molecule has 0 aliphatic carbocycles. The van der Waals surface area contributed by atoms with Crippen LogP contribution in [0.25, 0.3) is 0 Å². The monoisotopic (exact) mass is 302 g/mol. The van der Waals surface area contributed by atoms with Crippen molar-refractivity contribution in [1.82, 2.24) is 5.32 Å². The van der Waals surface area contributed by atoms with Crippen LogP contribution in [0.5, 0.6) is 0 Å². The minimum atomic E-state index is -0.998. The molecule has 9 nitrogen and oxygen atoms in total. The molecule has 1 aromatic carbocycles. The lowest BCUT2D eigenvalue weighted by Crippen LogP contribution is -2.47.